The van der Waals surface area contributed by atoms with E-state index >= 15 is 0 Å². The Kier molecular flexibility index (Phi) is 3.98. The van der Waals surface area contributed by atoms with Gasteiger partial charge in [0, 0.05) is 28.4 Å². The van der Waals surface area contributed by atoms with Gasteiger partial charge in [0.25, 0.3) is 0 Å². The highest BCUT2D eigenvalue weighted by Crippen LogP contribution is 2.26. The Labute approximate surface area is 116 Å². The third-order valence-electron chi connectivity index (χ3n) is 2.50. The number of halogens is 2. The smallest absolute Gasteiger partial charge is 0.131 e. The van der Waals surface area contributed by atoms with Gasteiger partial charge in [-0.05, 0) is 23.8 Å². The van der Waals surface area contributed by atoms with Crippen LogP contribution in [-0.4, -0.2) is 9.55 Å². The van der Waals surface area contributed by atoms with E-state index in [2.05, 4.69) is 42.3 Å². The highest BCUT2D eigenvalue weighted by Gasteiger charge is 2.17. The van der Waals surface area contributed by atoms with Crippen molar-refractivity contribution in [3.05, 3.63) is 50.9 Å². The summed E-state index contributed by atoms with van der Waals surface area (Å²) < 4.78 is 3.94. The van der Waals surface area contributed by atoms with E-state index in [1.807, 2.05) is 36.0 Å². The predicted octanol–water partition coefficient (Wildman–Crippen LogP) is 2.50. The Morgan fingerprint density at radius 2 is 1.94 bits per heavy atom. The number of aryl methyl sites for hydroxylation is 1. The summed E-state index contributed by atoms with van der Waals surface area (Å²) in [5.41, 5.74) is 3.84. The molecule has 1 heterocycles. The zero-order valence-corrected chi connectivity index (χ0v) is 12.4. The molecule has 3 N–H and O–H groups in total. The summed E-state index contributed by atoms with van der Waals surface area (Å²) in [7, 11) is 1.94. The molecule has 90 valence electrons. The third kappa shape index (κ3) is 2.77. The van der Waals surface area contributed by atoms with Gasteiger partial charge in [-0.25, -0.2) is 10.4 Å². The Bertz CT molecular complexity index is 504. The molecular weight excluding hydrogens is 348 g/mol. The Morgan fingerprint density at radius 1 is 1.29 bits per heavy atom. The lowest BCUT2D eigenvalue weighted by atomic mass is 10.1. The first kappa shape index (κ1) is 12.8. The second kappa shape index (κ2) is 5.30. The van der Waals surface area contributed by atoms with Gasteiger partial charge in [-0.3, -0.25) is 5.84 Å². The number of nitrogens with two attached hydrogens (primary N) is 1. The van der Waals surface area contributed by atoms with Gasteiger partial charge in [-0.2, -0.15) is 0 Å². The largest absolute Gasteiger partial charge is 0.336 e. The zero-order chi connectivity index (χ0) is 12.4. The Hall–Kier alpha value is -0.690. The average Bonchev–Trinajstić information content (AvgIpc) is 2.65. The predicted molar refractivity (Wildman–Crippen MR) is 74.2 cm³/mol. The lowest BCUT2D eigenvalue weighted by Crippen LogP contribution is -2.30. The van der Waals surface area contributed by atoms with Gasteiger partial charge in [0.05, 0.1) is 0 Å². The lowest BCUT2D eigenvalue weighted by molar-refractivity contribution is 0.579. The molecule has 0 radical (unpaired) electrons. The maximum Gasteiger partial charge on any atom is 0.131 e. The van der Waals surface area contributed by atoms with E-state index in [0.717, 1.165) is 20.3 Å². The fourth-order valence-electron chi connectivity index (χ4n) is 1.72. The van der Waals surface area contributed by atoms with Crippen molar-refractivity contribution >= 4 is 31.9 Å². The summed E-state index contributed by atoms with van der Waals surface area (Å²) in [5, 5.41) is 0. The van der Waals surface area contributed by atoms with Crippen LogP contribution in [0.5, 0.6) is 0 Å². The standard InChI is InChI=1S/C11H12Br2N4/c1-17-3-2-15-11(17)10(16-14)7-4-8(12)6-9(13)5-7/h2-6,10,16H,14H2,1H3. The monoisotopic (exact) mass is 358 g/mol. The van der Waals surface area contributed by atoms with E-state index in [1.165, 1.54) is 0 Å². The highest BCUT2D eigenvalue weighted by molar-refractivity contribution is 9.11. The first-order chi connectivity index (χ1) is 8.11. The van der Waals surface area contributed by atoms with Crippen LogP contribution in [-0.2, 0) is 7.05 Å². The van der Waals surface area contributed by atoms with E-state index in [0.29, 0.717) is 0 Å². The fraction of sp³-hybridized carbons (Fsp3) is 0.182. The molecule has 0 spiro atoms. The minimum atomic E-state index is -0.135. The van der Waals surface area contributed by atoms with Crippen molar-refractivity contribution in [1.29, 1.82) is 0 Å². The summed E-state index contributed by atoms with van der Waals surface area (Å²) in [6, 6.07) is 5.88. The number of aromatic nitrogens is 2. The summed E-state index contributed by atoms with van der Waals surface area (Å²) in [6.07, 6.45) is 3.65. The van der Waals surface area contributed by atoms with Crippen LogP contribution >= 0.6 is 31.9 Å². The topological polar surface area (TPSA) is 55.9 Å². The van der Waals surface area contributed by atoms with Crippen LogP contribution in [0.4, 0.5) is 0 Å². The second-order valence-corrected chi connectivity index (χ2v) is 5.53. The first-order valence-corrected chi connectivity index (χ1v) is 6.59. The molecule has 6 heteroatoms. The molecule has 0 bridgehead atoms. The van der Waals surface area contributed by atoms with Crippen LogP contribution in [0.2, 0.25) is 0 Å². The van der Waals surface area contributed by atoms with Gasteiger partial charge in [0.15, 0.2) is 0 Å². The molecule has 0 fully saturated rings. The van der Waals surface area contributed by atoms with Gasteiger partial charge in [-0.1, -0.05) is 31.9 Å². The second-order valence-electron chi connectivity index (χ2n) is 3.70. The average molecular weight is 360 g/mol. The van der Waals surface area contributed by atoms with Crippen LogP contribution in [0.15, 0.2) is 39.5 Å². The van der Waals surface area contributed by atoms with Crippen molar-refractivity contribution < 1.29 is 0 Å². The molecule has 1 aromatic carbocycles. The lowest BCUT2D eigenvalue weighted by Gasteiger charge is -2.16. The van der Waals surface area contributed by atoms with E-state index < -0.39 is 0 Å². The van der Waals surface area contributed by atoms with Crippen LogP contribution in [0, 0.1) is 0 Å². The van der Waals surface area contributed by atoms with Crippen molar-refractivity contribution in [3.63, 3.8) is 0 Å². The van der Waals surface area contributed by atoms with Gasteiger partial charge < -0.3 is 4.57 Å². The van der Waals surface area contributed by atoms with Crippen molar-refractivity contribution in [2.45, 2.75) is 6.04 Å². The minimum Gasteiger partial charge on any atom is -0.336 e. The molecule has 4 nitrogen and oxygen atoms in total. The number of imidazole rings is 1. The molecule has 0 aliphatic rings. The molecule has 2 rings (SSSR count). The number of hydrazine groups is 1. The third-order valence-corrected chi connectivity index (χ3v) is 3.42. The van der Waals surface area contributed by atoms with Gasteiger partial charge in [-0.15, -0.1) is 0 Å². The molecule has 2 aromatic rings. The summed E-state index contributed by atoms with van der Waals surface area (Å²) in [6.45, 7) is 0. The van der Waals surface area contributed by atoms with Crippen LogP contribution in [0.1, 0.15) is 17.4 Å². The van der Waals surface area contributed by atoms with Crippen molar-refractivity contribution in [2.75, 3.05) is 0 Å². The number of hydrogen-bond donors (Lipinski definition) is 2. The minimum absolute atomic E-state index is 0.135. The number of benzene rings is 1. The maximum atomic E-state index is 5.63. The molecule has 1 unspecified atom stereocenters. The molecular formula is C11H12Br2N4. The molecule has 1 aromatic heterocycles. The number of hydrogen-bond acceptors (Lipinski definition) is 3. The number of nitrogens with zero attached hydrogens (tertiary/aromatic N) is 2. The van der Waals surface area contributed by atoms with E-state index in [9.17, 15) is 0 Å². The molecule has 1 atom stereocenters. The first-order valence-electron chi connectivity index (χ1n) is 5.01. The zero-order valence-electron chi connectivity index (χ0n) is 9.19. The molecule has 0 aliphatic carbocycles. The van der Waals surface area contributed by atoms with Gasteiger partial charge in [0.1, 0.15) is 11.9 Å². The molecule has 0 aliphatic heterocycles. The number of rotatable bonds is 3. The van der Waals surface area contributed by atoms with E-state index in [-0.39, 0.29) is 6.04 Å². The molecule has 0 amide bonds. The SMILES string of the molecule is Cn1ccnc1C(NN)c1cc(Br)cc(Br)c1. The summed E-state index contributed by atoms with van der Waals surface area (Å²) in [5.74, 6) is 6.50. The summed E-state index contributed by atoms with van der Waals surface area (Å²) in [4.78, 5) is 4.31. The maximum absolute atomic E-state index is 5.63. The van der Waals surface area contributed by atoms with Crippen molar-refractivity contribution in [2.24, 2.45) is 12.9 Å². The summed E-state index contributed by atoms with van der Waals surface area (Å²) >= 11 is 6.93. The molecule has 0 saturated carbocycles. The van der Waals surface area contributed by atoms with Crippen LogP contribution < -0.4 is 11.3 Å². The Morgan fingerprint density at radius 3 is 2.41 bits per heavy atom. The quantitative estimate of drug-likeness (QED) is 0.654. The molecule has 0 saturated heterocycles. The number of nitrogens with one attached hydrogen (secondary N) is 1. The fourth-order valence-corrected chi connectivity index (χ4v) is 3.05. The Balaban J connectivity index is 2.45. The van der Waals surface area contributed by atoms with Gasteiger partial charge >= 0.3 is 0 Å². The van der Waals surface area contributed by atoms with E-state index in [4.69, 9.17) is 5.84 Å². The molecule has 17 heavy (non-hydrogen) atoms. The van der Waals surface area contributed by atoms with Crippen LogP contribution in [0.3, 0.4) is 0 Å². The van der Waals surface area contributed by atoms with E-state index in [1.54, 1.807) is 6.20 Å². The van der Waals surface area contributed by atoms with Gasteiger partial charge in [0.2, 0.25) is 0 Å². The highest BCUT2D eigenvalue weighted by atomic mass is 79.9. The van der Waals surface area contributed by atoms with Crippen LogP contribution in [0.25, 0.3) is 0 Å². The van der Waals surface area contributed by atoms with Crippen molar-refractivity contribution in [3.8, 4) is 0 Å². The normalized spacial score (nSPS) is 12.7. The van der Waals surface area contributed by atoms with Crippen molar-refractivity contribution in [1.82, 2.24) is 15.0 Å².